The Kier molecular flexibility index (Phi) is 5.16. The zero-order chi connectivity index (χ0) is 13.7. The molecule has 18 heavy (non-hydrogen) atoms. The van der Waals surface area contributed by atoms with Crippen LogP contribution in [0.25, 0.3) is 0 Å². The fraction of sp³-hybridized carbons (Fsp3) is 0.385. The molecule has 98 valence electrons. The van der Waals surface area contributed by atoms with Crippen LogP contribution < -0.4 is 5.32 Å². The molecule has 0 saturated heterocycles. The standard InChI is InChI=1S/C13H16ClNO3/c1-3-8(2)11(13(17)18)15-12(16)9-4-6-10(14)7-5-9/h4-8,11H,3H2,1-2H3,(H,15,16)(H,17,18)/t8?,11-/m0/s1. The van der Waals surface area contributed by atoms with E-state index in [-0.39, 0.29) is 5.92 Å². The number of benzene rings is 1. The summed E-state index contributed by atoms with van der Waals surface area (Å²) in [6.07, 6.45) is 0.678. The minimum absolute atomic E-state index is 0.126. The van der Waals surface area contributed by atoms with Crippen LogP contribution in [-0.4, -0.2) is 23.0 Å². The van der Waals surface area contributed by atoms with E-state index in [0.29, 0.717) is 17.0 Å². The van der Waals surface area contributed by atoms with Gasteiger partial charge in [-0.05, 0) is 30.2 Å². The van der Waals surface area contributed by atoms with Gasteiger partial charge in [-0.3, -0.25) is 4.79 Å². The van der Waals surface area contributed by atoms with E-state index >= 15 is 0 Å². The second kappa shape index (κ2) is 6.40. The number of carboxylic acids is 1. The van der Waals surface area contributed by atoms with Crippen LogP contribution in [0, 0.1) is 5.92 Å². The quantitative estimate of drug-likeness (QED) is 0.863. The number of carboxylic acid groups (broad SMARTS) is 1. The topological polar surface area (TPSA) is 66.4 Å². The summed E-state index contributed by atoms with van der Waals surface area (Å²) in [5.41, 5.74) is 0.397. The molecule has 0 heterocycles. The molecule has 1 amide bonds. The molecule has 0 spiro atoms. The molecule has 0 aliphatic carbocycles. The predicted molar refractivity (Wildman–Crippen MR) is 69.8 cm³/mol. The van der Waals surface area contributed by atoms with E-state index in [0.717, 1.165) is 0 Å². The number of rotatable bonds is 5. The maximum absolute atomic E-state index is 11.9. The molecule has 0 aliphatic rings. The maximum atomic E-state index is 11.9. The molecular formula is C13H16ClNO3. The Morgan fingerprint density at radius 1 is 1.33 bits per heavy atom. The number of hydrogen-bond acceptors (Lipinski definition) is 2. The summed E-state index contributed by atoms with van der Waals surface area (Å²) in [4.78, 5) is 23.0. The van der Waals surface area contributed by atoms with Gasteiger partial charge in [0, 0.05) is 10.6 Å². The Morgan fingerprint density at radius 3 is 2.33 bits per heavy atom. The van der Waals surface area contributed by atoms with Crippen molar-refractivity contribution in [2.24, 2.45) is 5.92 Å². The van der Waals surface area contributed by atoms with Crippen molar-refractivity contribution in [3.05, 3.63) is 34.9 Å². The number of carbonyl (C=O) groups excluding carboxylic acids is 1. The van der Waals surface area contributed by atoms with E-state index in [2.05, 4.69) is 5.32 Å². The number of carbonyl (C=O) groups is 2. The summed E-state index contributed by atoms with van der Waals surface area (Å²) in [5.74, 6) is -1.55. The van der Waals surface area contributed by atoms with Crippen molar-refractivity contribution in [3.8, 4) is 0 Å². The number of halogens is 1. The fourth-order valence-corrected chi connectivity index (χ4v) is 1.63. The van der Waals surface area contributed by atoms with Gasteiger partial charge in [-0.15, -0.1) is 0 Å². The maximum Gasteiger partial charge on any atom is 0.326 e. The van der Waals surface area contributed by atoms with Crippen LogP contribution in [0.3, 0.4) is 0 Å². The van der Waals surface area contributed by atoms with Gasteiger partial charge in [0.05, 0.1) is 0 Å². The minimum atomic E-state index is -1.02. The Balaban J connectivity index is 2.78. The Hall–Kier alpha value is -1.55. The van der Waals surface area contributed by atoms with Gasteiger partial charge in [0.1, 0.15) is 6.04 Å². The first-order chi connectivity index (χ1) is 8.45. The molecule has 1 aromatic carbocycles. The van der Waals surface area contributed by atoms with E-state index in [4.69, 9.17) is 16.7 Å². The summed E-state index contributed by atoms with van der Waals surface area (Å²) in [5, 5.41) is 12.1. The lowest BCUT2D eigenvalue weighted by atomic mass is 9.99. The zero-order valence-electron chi connectivity index (χ0n) is 10.3. The monoisotopic (exact) mass is 269 g/mol. The molecule has 0 bridgehead atoms. The third-order valence-corrected chi connectivity index (χ3v) is 3.12. The average Bonchev–Trinajstić information content (AvgIpc) is 2.35. The normalized spacial score (nSPS) is 13.7. The fourth-order valence-electron chi connectivity index (χ4n) is 1.51. The van der Waals surface area contributed by atoms with Crippen molar-refractivity contribution in [1.82, 2.24) is 5.32 Å². The highest BCUT2D eigenvalue weighted by molar-refractivity contribution is 6.30. The second-order valence-electron chi connectivity index (χ2n) is 4.18. The summed E-state index contributed by atoms with van der Waals surface area (Å²) < 4.78 is 0. The molecule has 1 rings (SSSR count). The average molecular weight is 270 g/mol. The molecule has 5 heteroatoms. The van der Waals surface area contributed by atoms with E-state index in [1.165, 1.54) is 0 Å². The van der Waals surface area contributed by atoms with Gasteiger partial charge in [0.25, 0.3) is 5.91 Å². The first-order valence-corrected chi connectivity index (χ1v) is 6.12. The second-order valence-corrected chi connectivity index (χ2v) is 4.62. The lowest BCUT2D eigenvalue weighted by Crippen LogP contribution is -2.45. The minimum Gasteiger partial charge on any atom is -0.480 e. The lowest BCUT2D eigenvalue weighted by molar-refractivity contribution is -0.140. The molecule has 2 N–H and O–H groups in total. The van der Waals surface area contributed by atoms with Crippen LogP contribution in [-0.2, 0) is 4.79 Å². The van der Waals surface area contributed by atoms with Crippen LogP contribution in [0.1, 0.15) is 30.6 Å². The first kappa shape index (κ1) is 14.5. The molecule has 0 aromatic heterocycles. The Morgan fingerprint density at radius 2 is 1.89 bits per heavy atom. The number of hydrogen-bond donors (Lipinski definition) is 2. The largest absolute Gasteiger partial charge is 0.480 e. The van der Waals surface area contributed by atoms with Crippen LogP contribution in [0.4, 0.5) is 0 Å². The summed E-state index contributed by atoms with van der Waals surface area (Å²) >= 11 is 5.72. The van der Waals surface area contributed by atoms with Gasteiger partial charge in [-0.2, -0.15) is 0 Å². The Bertz CT molecular complexity index is 430. The van der Waals surface area contributed by atoms with Crippen molar-refractivity contribution in [2.75, 3.05) is 0 Å². The zero-order valence-corrected chi connectivity index (χ0v) is 11.1. The van der Waals surface area contributed by atoms with Gasteiger partial charge in [-0.25, -0.2) is 4.79 Å². The molecule has 1 aromatic rings. The van der Waals surface area contributed by atoms with E-state index in [1.54, 1.807) is 31.2 Å². The van der Waals surface area contributed by atoms with Crippen LogP contribution in [0.2, 0.25) is 5.02 Å². The van der Waals surface area contributed by atoms with Crippen molar-refractivity contribution in [1.29, 1.82) is 0 Å². The predicted octanol–water partition coefficient (Wildman–Crippen LogP) is 2.57. The van der Waals surface area contributed by atoms with Gasteiger partial charge in [0.15, 0.2) is 0 Å². The van der Waals surface area contributed by atoms with E-state index in [9.17, 15) is 9.59 Å². The van der Waals surface area contributed by atoms with Crippen molar-refractivity contribution in [2.45, 2.75) is 26.3 Å². The van der Waals surface area contributed by atoms with E-state index in [1.807, 2.05) is 6.92 Å². The van der Waals surface area contributed by atoms with E-state index < -0.39 is 17.9 Å². The summed E-state index contributed by atoms with van der Waals surface area (Å²) in [6.45, 7) is 3.68. The van der Waals surface area contributed by atoms with Crippen LogP contribution >= 0.6 is 11.6 Å². The third-order valence-electron chi connectivity index (χ3n) is 2.87. The number of aliphatic carboxylic acids is 1. The molecule has 0 radical (unpaired) electrons. The van der Waals surface area contributed by atoms with Gasteiger partial charge >= 0.3 is 5.97 Å². The van der Waals surface area contributed by atoms with Crippen LogP contribution in [0.15, 0.2) is 24.3 Å². The summed E-state index contributed by atoms with van der Waals surface area (Å²) in [7, 11) is 0. The highest BCUT2D eigenvalue weighted by atomic mass is 35.5. The molecule has 0 saturated carbocycles. The summed E-state index contributed by atoms with van der Waals surface area (Å²) in [6, 6.07) is 5.43. The number of amides is 1. The van der Waals surface area contributed by atoms with Gasteiger partial charge in [0.2, 0.25) is 0 Å². The van der Waals surface area contributed by atoms with Gasteiger partial charge in [-0.1, -0.05) is 31.9 Å². The smallest absolute Gasteiger partial charge is 0.326 e. The highest BCUT2D eigenvalue weighted by Crippen LogP contribution is 2.12. The van der Waals surface area contributed by atoms with Crippen molar-refractivity contribution in [3.63, 3.8) is 0 Å². The molecular weight excluding hydrogens is 254 g/mol. The first-order valence-electron chi connectivity index (χ1n) is 5.75. The molecule has 2 atom stereocenters. The Labute approximate surface area is 111 Å². The third kappa shape index (κ3) is 3.74. The molecule has 1 unspecified atom stereocenters. The molecule has 0 aliphatic heterocycles. The number of nitrogens with one attached hydrogen (secondary N) is 1. The lowest BCUT2D eigenvalue weighted by Gasteiger charge is -2.20. The molecule has 4 nitrogen and oxygen atoms in total. The van der Waals surface area contributed by atoms with Crippen molar-refractivity contribution < 1.29 is 14.7 Å². The van der Waals surface area contributed by atoms with Crippen LogP contribution in [0.5, 0.6) is 0 Å². The highest BCUT2D eigenvalue weighted by Gasteiger charge is 2.25. The van der Waals surface area contributed by atoms with Crippen molar-refractivity contribution >= 4 is 23.5 Å². The SMILES string of the molecule is CCC(C)[C@H](NC(=O)c1ccc(Cl)cc1)C(=O)O. The van der Waals surface area contributed by atoms with Gasteiger partial charge < -0.3 is 10.4 Å². The molecule has 0 fully saturated rings.